The number of carbonyl (C=O) groups excluding carboxylic acids is 4. The van der Waals surface area contributed by atoms with Crippen LogP contribution in [0.3, 0.4) is 0 Å². The number of nitrogens with one attached hydrogen (secondary N) is 2. The summed E-state index contributed by atoms with van der Waals surface area (Å²) in [7, 11) is 0. The van der Waals surface area contributed by atoms with Gasteiger partial charge in [0.15, 0.2) is 0 Å². The quantitative estimate of drug-likeness (QED) is 0.415. The van der Waals surface area contributed by atoms with Gasteiger partial charge in [0, 0.05) is 18.3 Å². The Kier molecular flexibility index (Phi) is 11.1. The van der Waals surface area contributed by atoms with Gasteiger partial charge in [-0.3, -0.25) is 19.7 Å². The summed E-state index contributed by atoms with van der Waals surface area (Å²) >= 11 is 1.33. The predicted molar refractivity (Wildman–Crippen MR) is 131 cm³/mol. The maximum atomic E-state index is 13.1. The Bertz CT molecular complexity index is 720. The molecule has 1 aliphatic carbocycles. The van der Waals surface area contributed by atoms with E-state index < -0.39 is 35.7 Å². The van der Waals surface area contributed by atoms with Crippen LogP contribution in [0.5, 0.6) is 0 Å². The Morgan fingerprint density at radius 3 is 2.38 bits per heavy atom. The summed E-state index contributed by atoms with van der Waals surface area (Å²) < 4.78 is 10.7. The van der Waals surface area contributed by atoms with E-state index in [2.05, 4.69) is 10.6 Å². The van der Waals surface area contributed by atoms with Crippen LogP contribution >= 0.6 is 11.8 Å². The molecule has 0 radical (unpaired) electrons. The maximum absolute atomic E-state index is 13.1. The number of likely N-dealkylation sites (tertiary alicyclic amines) is 1. The second-order valence-electron chi connectivity index (χ2n) is 9.98. The SMILES string of the molecule is CCOC(=O)[C@H](CSCC(=O)NC1CCCC1)NC(C)C(=O)N1CCC[C@H]1C(=O)OC(C)(C)C. The first-order chi connectivity index (χ1) is 16.0. The van der Waals surface area contributed by atoms with Crippen molar-refractivity contribution in [2.45, 2.75) is 103 Å². The van der Waals surface area contributed by atoms with Crippen LogP contribution in [0.2, 0.25) is 0 Å². The van der Waals surface area contributed by atoms with Crippen LogP contribution < -0.4 is 10.6 Å². The number of nitrogens with zero attached hydrogens (tertiary/aromatic N) is 1. The van der Waals surface area contributed by atoms with Crippen LogP contribution in [0.25, 0.3) is 0 Å². The van der Waals surface area contributed by atoms with Crippen molar-refractivity contribution in [2.75, 3.05) is 24.7 Å². The molecule has 0 aromatic heterocycles. The molecular weight excluding hydrogens is 458 g/mol. The highest BCUT2D eigenvalue weighted by atomic mass is 32.2. The third-order valence-electron chi connectivity index (χ3n) is 5.85. The fourth-order valence-electron chi connectivity index (χ4n) is 4.30. The number of esters is 2. The molecular formula is C24H41N3O6S. The number of thioether (sulfide) groups is 1. The molecule has 1 aliphatic heterocycles. The monoisotopic (exact) mass is 499 g/mol. The molecule has 2 N–H and O–H groups in total. The molecule has 0 aromatic carbocycles. The molecule has 1 heterocycles. The third-order valence-corrected chi connectivity index (χ3v) is 6.88. The molecule has 1 saturated heterocycles. The first-order valence-corrected chi connectivity index (χ1v) is 13.5. The van der Waals surface area contributed by atoms with Gasteiger partial charge in [0.05, 0.1) is 18.4 Å². The molecule has 2 fully saturated rings. The summed E-state index contributed by atoms with van der Waals surface area (Å²) in [6, 6.07) is -1.81. The highest BCUT2D eigenvalue weighted by molar-refractivity contribution is 8.00. The first-order valence-electron chi connectivity index (χ1n) is 12.3. The number of amides is 2. The topological polar surface area (TPSA) is 114 Å². The summed E-state index contributed by atoms with van der Waals surface area (Å²) in [6.45, 7) is 9.48. The standard InChI is InChI=1S/C24H41N3O6S/c1-6-32-22(30)18(14-34-15-20(28)26-17-10-7-8-11-17)25-16(2)21(29)27-13-9-12-19(27)23(31)33-24(3,4)5/h16-19,25H,6-15H2,1-5H3,(H,26,28)/t16?,18-,19-/m0/s1. The molecule has 0 bridgehead atoms. The zero-order chi connectivity index (χ0) is 25.3. The largest absolute Gasteiger partial charge is 0.465 e. The minimum Gasteiger partial charge on any atom is -0.465 e. The van der Waals surface area contributed by atoms with E-state index in [4.69, 9.17) is 9.47 Å². The third kappa shape index (κ3) is 9.09. The van der Waals surface area contributed by atoms with Crippen molar-refractivity contribution in [3.63, 3.8) is 0 Å². The summed E-state index contributed by atoms with van der Waals surface area (Å²) in [5.74, 6) is -0.632. The average Bonchev–Trinajstić information content (AvgIpc) is 3.43. The second-order valence-corrected chi connectivity index (χ2v) is 11.0. The van der Waals surface area contributed by atoms with Crippen molar-refractivity contribution in [1.29, 1.82) is 0 Å². The Morgan fingerprint density at radius 2 is 1.76 bits per heavy atom. The van der Waals surface area contributed by atoms with Gasteiger partial charge < -0.3 is 19.7 Å². The minimum atomic E-state index is -0.745. The van der Waals surface area contributed by atoms with E-state index in [-0.39, 0.29) is 30.2 Å². The Hall–Kier alpha value is -1.81. The molecule has 1 unspecified atom stereocenters. The predicted octanol–water partition coefficient (Wildman–Crippen LogP) is 2.02. The van der Waals surface area contributed by atoms with Crippen molar-refractivity contribution < 1.29 is 28.7 Å². The molecule has 0 aromatic rings. The lowest BCUT2D eigenvalue weighted by atomic mass is 10.1. The van der Waals surface area contributed by atoms with Crippen molar-refractivity contribution in [3.8, 4) is 0 Å². The van der Waals surface area contributed by atoms with Crippen LogP contribution in [0.4, 0.5) is 0 Å². The minimum absolute atomic E-state index is 0.0408. The zero-order valence-electron chi connectivity index (χ0n) is 21.2. The van der Waals surface area contributed by atoms with Crippen LogP contribution in [0.1, 0.15) is 73.1 Å². The highest BCUT2D eigenvalue weighted by Gasteiger charge is 2.39. The van der Waals surface area contributed by atoms with Gasteiger partial charge in [0.25, 0.3) is 0 Å². The van der Waals surface area contributed by atoms with Crippen molar-refractivity contribution in [1.82, 2.24) is 15.5 Å². The molecule has 3 atom stereocenters. The molecule has 2 rings (SSSR count). The molecule has 194 valence electrons. The lowest BCUT2D eigenvalue weighted by Crippen LogP contribution is -2.54. The van der Waals surface area contributed by atoms with Gasteiger partial charge >= 0.3 is 11.9 Å². The van der Waals surface area contributed by atoms with Crippen molar-refractivity contribution in [2.24, 2.45) is 0 Å². The second kappa shape index (κ2) is 13.3. The lowest BCUT2D eigenvalue weighted by Gasteiger charge is -2.30. The normalized spacial score (nSPS) is 20.6. The van der Waals surface area contributed by atoms with Crippen molar-refractivity contribution in [3.05, 3.63) is 0 Å². The average molecular weight is 500 g/mol. The van der Waals surface area contributed by atoms with E-state index in [0.29, 0.717) is 18.7 Å². The number of ether oxygens (including phenoxy) is 2. The van der Waals surface area contributed by atoms with Gasteiger partial charge in [-0.05, 0) is 60.3 Å². The number of carbonyl (C=O) groups is 4. The summed E-state index contributed by atoms with van der Waals surface area (Å²) in [6.07, 6.45) is 5.60. The van der Waals surface area contributed by atoms with E-state index in [1.165, 1.54) is 16.7 Å². The number of hydrogen-bond donors (Lipinski definition) is 2. The van der Waals surface area contributed by atoms with E-state index >= 15 is 0 Å². The fourth-order valence-corrected chi connectivity index (χ4v) is 5.16. The van der Waals surface area contributed by atoms with Crippen LogP contribution in [0.15, 0.2) is 0 Å². The van der Waals surface area contributed by atoms with Gasteiger partial charge in [0.2, 0.25) is 11.8 Å². The molecule has 10 heteroatoms. The number of hydrogen-bond acceptors (Lipinski definition) is 8. The summed E-state index contributed by atoms with van der Waals surface area (Å²) in [5.41, 5.74) is -0.630. The molecule has 34 heavy (non-hydrogen) atoms. The maximum Gasteiger partial charge on any atom is 0.329 e. The van der Waals surface area contributed by atoms with Crippen LogP contribution in [-0.4, -0.2) is 83.1 Å². The molecule has 0 spiro atoms. The highest BCUT2D eigenvalue weighted by Crippen LogP contribution is 2.22. The Labute approximate surface area is 207 Å². The fraction of sp³-hybridized carbons (Fsp3) is 0.833. The van der Waals surface area contributed by atoms with Gasteiger partial charge in [-0.1, -0.05) is 12.8 Å². The van der Waals surface area contributed by atoms with Crippen LogP contribution in [-0.2, 0) is 28.7 Å². The molecule has 9 nitrogen and oxygen atoms in total. The first kappa shape index (κ1) is 28.4. The lowest BCUT2D eigenvalue weighted by molar-refractivity contribution is -0.163. The Balaban J connectivity index is 1.91. The van der Waals surface area contributed by atoms with E-state index in [1.54, 1.807) is 34.6 Å². The van der Waals surface area contributed by atoms with E-state index in [0.717, 1.165) is 32.1 Å². The van der Waals surface area contributed by atoms with Gasteiger partial charge in [-0.2, -0.15) is 0 Å². The number of rotatable bonds is 11. The van der Waals surface area contributed by atoms with Gasteiger partial charge in [0.1, 0.15) is 17.7 Å². The van der Waals surface area contributed by atoms with Crippen LogP contribution in [0, 0.1) is 0 Å². The van der Waals surface area contributed by atoms with E-state index in [9.17, 15) is 19.2 Å². The van der Waals surface area contributed by atoms with Crippen molar-refractivity contribution >= 4 is 35.5 Å². The molecule has 1 saturated carbocycles. The smallest absolute Gasteiger partial charge is 0.329 e. The van der Waals surface area contributed by atoms with Gasteiger partial charge in [-0.25, -0.2) is 4.79 Å². The van der Waals surface area contributed by atoms with Gasteiger partial charge in [-0.15, -0.1) is 11.8 Å². The Morgan fingerprint density at radius 1 is 1.09 bits per heavy atom. The summed E-state index contributed by atoms with van der Waals surface area (Å²) in [5, 5.41) is 6.10. The zero-order valence-corrected chi connectivity index (χ0v) is 22.0. The summed E-state index contributed by atoms with van der Waals surface area (Å²) in [4.78, 5) is 52.0. The van der Waals surface area contributed by atoms with E-state index in [1.807, 2.05) is 0 Å². The molecule has 2 amide bonds. The molecule has 2 aliphatic rings.